The number of rotatable bonds is 3. The Labute approximate surface area is 96.0 Å². The first kappa shape index (κ1) is 12.1. The van der Waals surface area contributed by atoms with Gasteiger partial charge in [-0.3, -0.25) is 0 Å². The van der Waals surface area contributed by atoms with Crippen LogP contribution in [0.15, 0.2) is 30.3 Å². The van der Waals surface area contributed by atoms with Gasteiger partial charge in [-0.15, -0.1) is 0 Å². The Morgan fingerprint density at radius 1 is 1.38 bits per heavy atom. The summed E-state index contributed by atoms with van der Waals surface area (Å²) in [4.78, 5) is 12.9. The van der Waals surface area contributed by atoms with Crippen LogP contribution in [0.25, 0.3) is 0 Å². The lowest BCUT2D eigenvalue weighted by Gasteiger charge is -2.15. The summed E-state index contributed by atoms with van der Waals surface area (Å²) in [6.07, 6.45) is 0. The number of ether oxygens (including phenoxy) is 1. The van der Waals surface area contributed by atoms with Crippen LogP contribution in [-0.4, -0.2) is 26.2 Å². The molecule has 0 N–H and O–H groups in total. The van der Waals surface area contributed by atoms with Crippen LogP contribution < -0.4 is 4.90 Å². The maximum Gasteiger partial charge on any atom is 0.384 e. The fourth-order valence-corrected chi connectivity index (χ4v) is 1.17. The van der Waals surface area contributed by atoms with Gasteiger partial charge in [-0.1, -0.05) is 24.1 Å². The number of anilines is 1. The fourth-order valence-electron chi connectivity index (χ4n) is 1.17. The van der Waals surface area contributed by atoms with Crippen molar-refractivity contribution < 1.29 is 9.53 Å². The van der Waals surface area contributed by atoms with Crippen LogP contribution in [0.3, 0.4) is 0 Å². The van der Waals surface area contributed by atoms with Crippen molar-refractivity contribution in [2.75, 3.05) is 25.1 Å². The quantitative estimate of drug-likeness (QED) is 0.438. The van der Waals surface area contributed by atoms with Gasteiger partial charge in [0.05, 0.1) is 13.2 Å². The van der Waals surface area contributed by atoms with E-state index in [4.69, 9.17) is 4.74 Å². The third-order valence-electron chi connectivity index (χ3n) is 1.98. The number of carbonyl (C=O) groups is 1. The van der Waals surface area contributed by atoms with Crippen LogP contribution in [0.5, 0.6) is 0 Å². The molecule has 0 fully saturated rings. The van der Waals surface area contributed by atoms with Crippen LogP contribution in [0.4, 0.5) is 5.69 Å². The van der Waals surface area contributed by atoms with Gasteiger partial charge < -0.3 is 9.64 Å². The molecule has 0 heterocycles. The zero-order chi connectivity index (χ0) is 11.8. The highest BCUT2D eigenvalue weighted by atomic mass is 16.5. The van der Waals surface area contributed by atoms with Gasteiger partial charge in [0.15, 0.2) is 0 Å². The molecule has 3 nitrogen and oxygen atoms in total. The standard InChI is InChI=1S/C13H15NO2/c1-3-16-13(15)10-7-11-14(2)12-8-5-4-6-9-12/h4-6,8-9H,3,11H2,1-2H3. The minimum Gasteiger partial charge on any atom is -0.456 e. The first-order valence-electron chi connectivity index (χ1n) is 5.16. The number of hydrogen-bond acceptors (Lipinski definition) is 3. The number of esters is 1. The highest BCUT2D eigenvalue weighted by molar-refractivity contribution is 5.88. The van der Waals surface area contributed by atoms with Crippen molar-refractivity contribution in [3.63, 3.8) is 0 Å². The summed E-state index contributed by atoms with van der Waals surface area (Å²) in [5.74, 6) is 4.73. The summed E-state index contributed by atoms with van der Waals surface area (Å²) in [7, 11) is 1.93. The second-order valence-corrected chi connectivity index (χ2v) is 3.21. The Balaban J connectivity index is 2.47. The molecular formula is C13H15NO2. The Bertz CT molecular complexity index is 389. The minimum atomic E-state index is -0.469. The summed E-state index contributed by atoms with van der Waals surface area (Å²) in [5.41, 5.74) is 1.07. The number of para-hydroxylation sites is 1. The predicted octanol–water partition coefficient (Wildman–Crippen LogP) is 1.69. The van der Waals surface area contributed by atoms with Crippen molar-refractivity contribution in [1.29, 1.82) is 0 Å². The van der Waals surface area contributed by atoms with E-state index in [0.29, 0.717) is 13.2 Å². The molecule has 3 heteroatoms. The van der Waals surface area contributed by atoms with Crippen molar-refractivity contribution in [3.8, 4) is 11.8 Å². The Morgan fingerprint density at radius 2 is 2.06 bits per heavy atom. The van der Waals surface area contributed by atoms with Gasteiger partial charge in [0.25, 0.3) is 0 Å². The second kappa shape index (κ2) is 6.52. The molecule has 0 aliphatic heterocycles. The summed E-state index contributed by atoms with van der Waals surface area (Å²) in [6.45, 7) is 2.63. The molecule has 0 saturated carbocycles. The highest BCUT2D eigenvalue weighted by Gasteiger charge is 1.97. The average Bonchev–Trinajstić information content (AvgIpc) is 2.30. The highest BCUT2D eigenvalue weighted by Crippen LogP contribution is 2.09. The van der Waals surface area contributed by atoms with Crippen LogP contribution in [0, 0.1) is 11.8 Å². The van der Waals surface area contributed by atoms with E-state index >= 15 is 0 Å². The molecule has 1 aromatic rings. The lowest BCUT2D eigenvalue weighted by Crippen LogP contribution is -2.17. The molecule has 1 rings (SSSR count). The fraction of sp³-hybridized carbons (Fsp3) is 0.308. The summed E-state index contributed by atoms with van der Waals surface area (Å²) >= 11 is 0. The van der Waals surface area contributed by atoms with E-state index in [1.807, 2.05) is 42.3 Å². The van der Waals surface area contributed by atoms with E-state index in [2.05, 4.69) is 11.8 Å². The smallest absolute Gasteiger partial charge is 0.384 e. The van der Waals surface area contributed by atoms with Gasteiger partial charge in [0, 0.05) is 18.7 Å². The maximum atomic E-state index is 10.9. The maximum absolute atomic E-state index is 10.9. The molecule has 0 atom stereocenters. The van der Waals surface area contributed by atoms with Crippen molar-refractivity contribution in [3.05, 3.63) is 30.3 Å². The third kappa shape index (κ3) is 4.05. The largest absolute Gasteiger partial charge is 0.456 e. The zero-order valence-corrected chi connectivity index (χ0v) is 9.56. The first-order chi connectivity index (χ1) is 7.74. The molecule has 0 saturated heterocycles. The molecule has 0 radical (unpaired) electrons. The predicted molar refractivity (Wildman–Crippen MR) is 64.1 cm³/mol. The summed E-state index contributed by atoms with van der Waals surface area (Å²) in [6, 6.07) is 9.87. The summed E-state index contributed by atoms with van der Waals surface area (Å²) in [5, 5.41) is 0. The van der Waals surface area contributed by atoms with Crippen LogP contribution in [-0.2, 0) is 9.53 Å². The van der Waals surface area contributed by atoms with Crippen LogP contribution in [0.1, 0.15) is 6.92 Å². The molecule has 0 spiro atoms. The Hall–Kier alpha value is -1.95. The molecule has 0 unspecified atom stereocenters. The zero-order valence-electron chi connectivity index (χ0n) is 9.56. The van der Waals surface area contributed by atoms with E-state index < -0.39 is 5.97 Å². The van der Waals surface area contributed by atoms with E-state index in [9.17, 15) is 4.79 Å². The van der Waals surface area contributed by atoms with Gasteiger partial charge in [0.1, 0.15) is 0 Å². The minimum absolute atomic E-state index is 0.363. The number of carbonyl (C=O) groups excluding carboxylic acids is 1. The average molecular weight is 217 g/mol. The normalized spacial score (nSPS) is 8.88. The summed E-state index contributed by atoms with van der Waals surface area (Å²) < 4.78 is 4.70. The van der Waals surface area contributed by atoms with Gasteiger partial charge in [-0.25, -0.2) is 4.79 Å². The molecule has 16 heavy (non-hydrogen) atoms. The molecule has 0 aromatic heterocycles. The lowest BCUT2D eigenvalue weighted by atomic mass is 10.3. The number of nitrogens with zero attached hydrogens (tertiary/aromatic N) is 1. The first-order valence-corrected chi connectivity index (χ1v) is 5.16. The molecule has 0 aliphatic rings. The van der Waals surface area contributed by atoms with Crippen molar-refractivity contribution in [1.82, 2.24) is 0 Å². The van der Waals surface area contributed by atoms with Crippen molar-refractivity contribution >= 4 is 11.7 Å². The van der Waals surface area contributed by atoms with Gasteiger partial charge >= 0.3 is 5.97 Å². The molecule has 0 amide bonds. The Morgan fingerprint density at radius 3 is 2.69 bits per heavy atom. The Kier molecular flexibility index (Phi) is 4.94. The van der Waals surface area contributed by atoms with E-state index in [1.165, 1.54) is 0 Å². The molecule has 84 valence electrons. The lowest BCUT2D eigenvalue weighted by molar-refractivity contribution is -0.136. The van der Waals surface area contributed by atoms with Crippen LogP contribution >= 0.6 is 0 Å². The van der Waals surface area contributed by atoms with Crippen LogP contribution in [0.2, 0.25) is 0 Å². The third-order valence-corrected chi connectivity index (χ3v) is 1.98. The topological polar surface area (TPSA) is 29.5 Å². The molecule has 0 aliphatic carbocycles. The van der Waals surface area contributed by atoms with Gasteiger partial charge in [-0.2, -0.15) is 0 Å². The second-order valence-electron chi connectivity index (χ2n) is 3.21. The van der Waals surface area contributed by atoms with Crippen molar-refractivity contribution in [2.45, 2.75) is 6.92 Å². The molecule has 0 bridgehead atoms. The van der Waals surface area contributed by atoms with Gasteiger partial charge in [-0.05, 0) is 19.1 Å². The number of hydrogen-bond donors (Lipinski definition) is 0. The van der Waals surface area contributed by atoms with Crippen molar-refractivity contribution in [2.24, 2.45) is 0 Å². The van der Waals surface area contributed by atoms with E-state index in [0.717, 1.165) is 5.69 Å². The molecule has 1 aromatic carbocycles. The molecular weight excluding hydrogens is 202 g/mol. The van der Waals surface area contributed by atoms with E-state index in [-0.39, 0.29) is 0 Å². The number of benzene rings is 1. The van der Waals surface area contributed by atoms with E-state index in [1.54, 1.807) is 6.92 Å². The van der Waals surface area contributed by atoms with Gasteiger partial charge in [0.2, 0.25) is 0 Å². The monoisotopic (exact) mass is 217 g/mol. The SMILES string of the molecule is CCOC(=O)C#CCN(C)c1ccccc1.